The van der Waals surface area contributed by atoms with Gasteiger partial charge >= 0.3 is 0 Å². The summed E-state index contributed by atoms with van der Waals surface area (Å²) in [6.07, 6.45) is 3.25. The first-order valence-electron chi connectivity index (χ1n) is 5.70. The van der Waals surface area contributed by atoms with Crippen LogP contribution in [-0.2, 0) is 5.88 Å². The van der Waals surface area contributed by atoms with Gasteiger partial charge in [-0.1, -0.05) is 24.6 Å². The zero-order chi connectivity index (χ0) is 12.8. The maximum absolute atomic E-state index is 6.30. The number of thioether (sulfide) groups is 1. The van der Waals surface area contributed by atoms with Gasteiger partial charge in [-0.05, 0) is 30.4 Å². The average molecular weight is 292 g/mol. The molecule has 0 amide bonds. The molecule has 0 aliphatic heterocycles. The Morgan fingerprint density at radius 2 is 2.12 bits per heavy atom. The molecule has 0 bridgehead atoms. The third-order valence-corrected chi connectivity index (χ3v) is 4.25. The molecule has 0 aliphatic rings. The molecule has 0 N–H and O–H groups in total. The van der Waals surface area contributed by atoms with Gasteiger partial charge in [-0.2, -0.15) is 11.8 Å². The van der Waals surface area contributed by atoms with E-state index in [1.54, 1.807) is 0 Å². The van der Waals surface area contributed by atoms with Crippen LogP contribution in [0.3, 0.4) is 0 Å². The first kappa shape index (κ1) is 15.0. The quantitative estimate of drug-likeness (QED) is 0.702. The smallest absolute Gasteiger partial charge is 0.0642 e. The van der Waals surface area contributed by atoms with E-state index in [2.05, 4.69) is 31.2 Å². The summed E-state index contributed by atoms with van der Waals surface area (Å²) in [5.74, 6) is 1.62. The van der Waals surface area contributed by atoms with E-state index in [4.69, 9.17) is 23.2 Å². The second kappa shape index (κ2) is 7.40. The van der Waals surface area contributed by atoms with Crippen molar-refractivity contribution in [2.45, 2.75) is 25.3 Å². The Kier molecular flexibility index (Phi) is 6.53. The van der Waals surface area contributed by atoms with Crippen molar-refractivity contribution in [1.82, 2.24) is 0 Å². The maximum atomic E-state index is 6.30. The topological polar surface area (TPSA) is 3.24 Å². The van der Waals surface area contributed by atoms with E-state index in [0.29, 0.717) is 11.9 Å². The molecule has 1 aromatic carbocycles. The minimum Gasteiger partial charge on any atom is -0.370 e. The van der Waals surface area contributed by atoms with Crippen LogP contribution in [0.1, 0.15) is 18.9 Å². The third kappa shape index (κ3) is 3.97. The molecule has 17 heavy (non-hydrogen) atoms. The predicted octanol–water partition coefficient (Wildman–Crippen LogP) is 4.66. The van der Waals surface area contributed by atoms with E-state index in [1.807, 2.05) is 23.9 Å². The Morgan fingerprint density at radius 3 is 2.59 bits per heavy atom. The number of nitrogens with zero attached hydrogens (tertiary/aromatic N) is 1. The largest absolute Gasteiger partial charge is 0.370 e. The Balaban J connectivity index is 2.90. The van der Waals surface area contributed by atoms with Gasteiger partial charge in [-0.15, -0.1) is 11.6 Å². The van der Waals surface area contributed by atoms with Gasteiger partial charge in [0.25, 0.3) is 0 Å². The van der Waals surface area contributed by atoms with E-state index >= 15 is 0 Å². The van der Waals surface area contributed by atoms with Crippen molar-refractivity contribution in [2.24, 2.45) is 0 Å². The number of benzene rings is 1. The molecular formula is C13H19Cl2NS. The van der Waals surface area contributed by atoms with E-state index in [1.165, 1.54) is 0 Å². The first-order valence-corrected chi connectivity index (χ1v) is 8.00. The van der Waals surface area contributed by atoms with Crippen molar-refractivity contribution in [1.29, 1.82) is 0 Å². The van der Waals surface area contributed by atoms with Gasteiger partial charge in [0.1, 0.15) is 0 Å². The number of halogens is 2. The Labute approximate surface area is 118 Å². The summed E-state index contributed by atoms with van der Waals surface area (Å²) in [5, 5.41) is 0.783. The molecule has 1 aromatic rings. The van der Waals surface area contributed by atoms with Crippen molar-refractivity contribution in [3.8, 4) is 0 Å². The van der Waals surface area contributed by atoms with Crippen LogP contribution in [0, 0.1) is 0 Å². The monoisotopic (exact) mass is 291 g/mol. The molecule has 0 aliphatic carbocycles. The summed E-state index contributed by atoms with van der Waals surface area (Å²) in [4.78, 5) is 2.26. The molecule has 1 atom stereocenters. The van der Waals surface area contributed by atoms with Crippen molar-refractivity contribution >= 4 is 40.7 Å². The van der Waals surface area contributed by atoms with Gasteiger partial charge in [-0.25, -0.2) is 0 Å². The van der Waals surface area contributed by atoms with E-state index in [-0.39, 0.29) is 0 Å². The van der Waals surface area contributed by atoms with E-state index in [9.17, 15) is 0 Å². The summed E-state index contributed by atoms with van der Waals surface area (Å²) in [7, 11) is 2.10. The highest BCUT2D eigenvalue weighted by atomic mass is 35.5. The zero-order valence-electron chi connectivity index (χ0n) is 10.5. The Morgan fingerprint density at radius 1 is 1.41 bits per heavy atom. The minimum atomic E-state index is 0.506. The van der Waals surface area contributed by atoms with Crippen LogP contribution in [-0.4, -0.2) is 25.1 Å². The number of rotatable bonds is 6. The van der Waals surface area contributed by atoms with Crippen LogP contribution in [0.25, 0.3) is 0 Å². The molecular weight excluding hydrogens is 273 g/mol. The molecule has 0 heterocycles. The molecule has 0 spiro atoms. The van der Waals surface area contributed by atoms with Gasteiger partial charge in [0, 0.05) is 24.7 Å². The number of hydrogen-bond donors (Lipinski definition) is 0. The summed E-state index contributed by atoms with van der Waals surface area (Å²) in [5.41, 5.74) is 2.15. The van der Waals surface area contributed by atoms with Gasteiger partial charge in [-0.3, -0.25) is 0 Å². The summed E-state index contributed by atoms with van der Waals surface area (Å²) < 4.78 is 0. The van der Waals surface area contributed by atoms with Gasteiger partial charge in [0.05, 0.1) is 10.7 Å². The predicted molar refractivity (Wildman–Crippen MR) is 81.9 cm³/mol. The average Bonchev–Trinajstić information content (AvgIpc) is 2.35. The lowest BCUT2D eigenvalue weighted by molar-refractivity contribution is 0.673. The zero-order valence-corrected chi connectivity index (χ0v) is 12.9. The van der Waals surface area contributed by atoms with Crippen molar-refractivity contribution in [3.05, 3.63) is 28.8 Å². The van der Waals surface area contributed by atoms with Crippen LogP contribution in [0.4, 0.5) is 5.69 Å². The molecule has 0 saturated heterocycles. The van der Waals surface area contributed by atoms with Crippen LogP contribution in [0.5, 0.6) is 0 Å². The second-order valence-corrected chi connectivity index (χ2v) is 5.63. The van der Waals surface area contributed by atoms with Crippen LogP contribution in [0.2, 0.25) is 5.02 Å². The first-order chi connectivity index (χ1) is 8.13. The highest BCUT2D eigenvalue weighted by molar-refractivity contribution is 7.98. The van der Waals surface area contributed by atoms with E-state index < -0.39 is 0 Å². The summed E-state index contributed by atoms with van der Waals surface area (Å²) in [6.45, 7) is 2.21. The maximum Gasteiger partial charge on any atom is 0.0642 e. The summed E-state index contributed by atoms with van der Waals surface area (Å²) >= 11 is 14.0. The molecule has 1 rings (SSSR count). The molecule has 0 saturated carbocycles. The second-order valence-electron chi connectivity index (χ2n) is 4.05. The highest BCUT2D eigenvalue weighted by Gasteiger charge is 2.15. The molecule has 0 radical (unpaired) electrons. The molecule has 4 heteroatoms. The highest BCUT2D eigenvalue weighted by Crippen LogP contribution is 2.29. The van der Waals surface area contributed by atoms with Gasteiger partial charge in [0.15, 0.2) is 0 Å². The minimum absolute atomic E-state index is 0.506. The number of anilines is 1. The van der Waals surface area contributed by atoms with Crippen molar-refractivity contribution < 1.29 is 0 Å². The van der Waals surface area contributed by atoms with Crippen LogP contribution in [0.15, 0.2) is 18.2 Å². The summed E-state index contributed by atoms with van der Waals surface area (Å²) in [6, 6.07) is 6.57. The molecule has 1 nitrogen and oxygen atoms in total. The lowest BCUT2D eigenvalue weighted by atomic mass is 10.1. The standard InChI is InChI=1S/C13H19Cl2NS/c1-4-11(9-17-3)16(2)13-6-5-10(8-14)7-12(13)15/h5-7,11H,4,8-9H2,1-3H3. The normalized spacial score (nSPS) is 12.5. The fourth-order valence-corrected chi connectivity index (χ4v) is 3.16. The van der Waals surface area contributed by atoms with Crippen molar-refractivity contribution in [2.75, 3.05) is 24.0 Å². The van der Waals surface area contributed by atoms with Crippen LogP contribution >= 0.6 is 35.0 Å². The molecule has 96 valence electrons. The Bertz CT molecular complexity index is 357. The molecule has 0 aromatic heterocycles. The lowest BCUT2D eigenvalue weighted by Crippen LogP contribution is -2.33. The number of alkyl halides is 1. The molecule has 1 unspecified atom stereocenters. The fourth-order valence-electron chi connectivity index (χ4n) is 1.81. The van der Waals surface area contributed by atoms with Gasteiger partial charge < -0.3 is 4.90 Å². The Hall–Kier alpha value is -0.0500. The third-order valence-electron chi connectivity index (χ3n) is 2.92. The van der Waals surface area contributed by atoms with Gasteiger partial charge in [0.2, 0.25) is 0 Å². The van der Waals surface area contributed by atoms with E-state index in [0.717, 1.165) is 28.4 Å². The number of hydrogen-bond acceptors (Lipinski definition) is 2. The van der Waals surface area contributed by atoms with Crippen LogP contribution < -0.4 is 4.90 Å². The van der Waals surface area contributed by atoms with Crippen molar-refractivity contribution in [3.63, 3.8) is 0 Å². The molecule has 0 fully saturated rings. The fraction of sp³-hybridized carbons (Fsp3) is 0.538. The SMILES string of the molecule is CCC(CSC)N(C)c1ccc(CCl)cc1Cl. The lowest BCUT2D eigenvalue weighted by Gasteiger charge is -2.29.